The van der Waals surface area contributed by atoms with E-state index in [0.717, 1.165) is 4.90 Å². The molecule has 0 N–H and O–H groups in total. The number of hydrogen-bond acceptors (Lipinski definition) is 2. The number of likely N-dealkylation sites (tertiary alicyclic amines) is 1. The Morgan fingerprint density at radius 2 is 1.84 bits per heavy atom. The Hall–Kier alpha value is -1.21. The standard InChI is InChI=1S/C11H12F5NO2/c12-10(13)5-9(6-10,11(14,15)16)8(19)17-3-1-2-7(17)4-18/h4,7H,1-3,5-6H2. The lowest BCUT2D eigenvalue weighted by atomic mass is 9.64. The Labute approximate surface area is 105 Å². The van der Waals surface area contributed by atoms with Gasteiger partial charge >= 0.3 is 6.18 Å². The van der Waals surface area contributed by atoms with Crippen LogP contribution >= 0.6 is 0 Å². The second kappa shape index (κ2) is 4.14. The maximum absolute atomic E-state index is 13.0. The van der Waals surface area contributed by atoms with Crippen LogP contribution in [-0.2, 0) is 9.59 Å². The van der Waals surface area contributed by atoms with Crippen molar-refractivity contribution in [1.82, 2.24) is 4.90 Å². The van der Waals surface area contributed by atoms with Crippen molar-refractivity contribution in [3.05, 3.63) is 0 Å². The van der Waals surface area contributed by atoms with Crippen LogP contribution in [0.25, 0.3) is 0 Å². The molecule has 1 heterocycles. The number of carbonyl (C=O) groups excluding carboxylic acids is 2. The Morgan fingerprint density at radius 1 is 1.26 bits per heavy atom. The van der Waals surface area contributed by atoms with Crippen LogP contribution in [0.5, 0.6) is 0 Å². The molecule has 2 aliphatic rings. The van der Waals surface area contributed by atoms with Gasteiger partial charge in [-0.15, -0.1) is 0 Å². The zero-order valence-corrected chi connectivity index (χ0v) is 9.84. The van der Waals surface area contributed by atoms with Crippen LogP contribution in [0.1, 0.15) is 25.7 Å². The van der Waals surface area contributed by atoms with Crippen molar-refractivity contribution < 1.29 is 31.5 Å². The molecule has 3 nitrogen and oxygen atoms in total. The highest BCUT2D eigenvalue weighted by Gasteiger charge is 2.74. The number of nitrogens with zero attached hydrogens (tertiary/aromatic N) is 1. The molecule has 1 unspecified atom stereocenters. The molecule has 108 valence electrons. The zero-order valence-electron chi connectivity index (χ0n) is 9.84. The minimum absolute atomic E-state index is 0.00560. The summed E-state index contributed by atoms with van der Waals surface area (Å²) in [6, 6.07) is -0.930. The first-order valence-corrected chi connectivity index (χ1v) is 5.84. The molecule has 19 heavy (non-hydrogen) atoms. The maximum Gasteiger partial charge on any atom is 0.403 e. The minimum Gasteiger partial charge on any atom is -0.332 e. The van der Waals surface area contributed by atoms with E-state index in [1.54, 1.807) is 0 Å². The van der Waals surface area contributed by atoms with Crippen LogP contribution in [0.15, 0.2) is 0 Å². The molecule has 0 aromatic heterocycles. The van der Waals surface area contributed by atoms with Crippen molar-refractivity contribution in [3.8, 4) is 0 Å². The molecule has 1 saturated heterocycles. The minimum atomic E-state index is -5.03. The molecule has 1 atom stereocenters. The van der Waals surface area contributed by atoms with Crippen LogP contribution < -0.4 is 0 Å². The van der Waals surface area contributed by atoms with Crippen molar-refractivity contribution in [1.29, 1.82) is 0 Å². The summed E-state index contributed by atoms with van der Waals surface area (Å²) in [4.78, 5) is 23.5. The molecular formula is C11H12F5NO2. The largest absolute Gasteiger partial charge is 0.403 e. The van der Waals surface area contributed by atoms with Gasteiger partial charge in [-0.3, -0.25) is 4.79 Å². The predicted octanol–water partition coefficient (Wildman–Crippen LogP) is 2.15. The summed E-state index contributed by atoms with van der Waals surface area (Å²) in [6.07, 6.45) is -7.00. The number of aldehydes is 1. The van der Waals surface area contributed by atoms with Gasteiger partial charge in [-0.25, -0.2) is 8.78 Å². The number of amides is 1. The first kappa shape index (κ1) is 14.2. The van der Waals surface area contributed by atoms with Crippen molar-refractivity contribution in [2.45, 2.75) is 43.8 Å². The van der Waals surface area contributed by atoms with Gasteiger partial charge < -0.3 is 9.69 Å². The van der Waals surface area contributed by atoms with Crippen molar-refractivity contribution in [3.63, 3.8) is 0 Å². The molecule has 0 aromatic rings. The normalized spacial score (nSPS) is 28.9. The molecule has 1 aliphatic carbocycles. The Morgan fingerprint density at radius 3 is 2.26 bits per heavy atom. The summed E-state index contributed by atoms with van der Waals surface area (Å²) in [5.41, 5.74) is -3.03. The zero-order chi connectivity index (χ0) is 14.5. The van der Waals surface area contributed by atoms with Gasteiger partial charge in [-0.2, -0.15) is 13.2 Å². The predicted molar refractivity (Wildman–Crippen MR) is 53.5 cm³/mol. The molecular weight excluding hydrogens is 273 g/mol. The van der Waals surface area contributed by atoms with Gasteiger partial charge in [-0.1, -0.05) is 0 Å². The van der Waals surface area contributed by atoms with E-state index >= 15 is 0 Å². The number of rotatable bonds is 2. The third kappa shape index (κ3) is 2.10. The molecule has 0 bridgehead atoms. The fourth-order valence-corrected chi connectivity index (χ4v) is 2.77. The molecule has 2 rings (SSSR count). The second-order valence-corrected chi connectivity index (χ2v) is 5.13. The van der Waals surface area contributed by atoms with Crippen LogP contribution in [0.3, 0.4) is 0 Å². The van der Waals surface area contributed by atoms with Crippen molar-refractivity contribution in [2.24, 2.45) is 5.41 Å². The van der Waals surface area contributed by atoms with Gasteiger partial charge in [0.05, 0.1) is 6.04 Å². The lowest BCUT2D eigenvalue weighted by Crippen LogP contribution is -2.63. The summed E-state index contributed by atoms with van der Waals surface area (Å²) in [6.45, 7) is 0.00560. The number of alkyl halides is 5. The van der Waals surface area contributed by atoms with Crippen LogP contribution in [-0.4, -0.2) is 41.8 Å². The van der Waals surface area contributed by atoms with E-state index in [2.05, 4.69) is 0 Å². The SMILES string of the molecule is O=CC1CCCN1C(=O)C1(C(F)(F)F)CC(F)(F)C1. The summed E-state index contributed by atoms with van der Waals surface area (Å²) in [5, 5.41) is 0. The Bertz CT molecular complexity index is 398. The van der Waals surface area contributed by atoms with E-state index in [1.807, 2.05) is 0 Å². The first-order valence-electron chi connectivity index (χ1n) is 5.84. The summed E-state index contributed by atoms with van der Waals surface area (Å²) in [5.74, 6) is -4.86. The van der Waals surface area contributed by atoms with E-state index in [1.165, 1.54) is 0 Å². The monoisotopic (exact) mass is 285 g/mol. The quantitative estimate of drug-likeness (QED) is 0.576. The van der Waals surface area contributed by atoms with Gasteiger partial charge in [0.25, 0.3) is 5.92 Å². The third-order valence-electron chi connectivity index (χ3n) is 3.79. The molecule has 0 spiro atoms. The lowest BCUT2D eigenvalue weighted by Gasteiger charge is -2.48. The fourth-order valence-electron chi connectivity index (χ4n) is 2.77. The van der Waals surface area contributed by atoms with Crippen molar-refractivity contribution in [2.75, 3.05) is 6.54 Å². The third-order valence-corrected chi connectivity index (χ3v) is 3.79. The highest BCUT2D eigenvalue weighted by molar-refractivity contribution is 5.87. The Balaban J connectivity index is 2.26. The summed E-state index contributed by atoms with van der Waals surface area (Å²) < 4.78 is 64.6. The second-order valence-electron chi connectivity index (χ2n) is 5.13. The van der Waals surface area contributed by atoms with Gasteiger partial charge in [0.2, 0.25) is 5.91 Å². The average Bonchev–Trinajstić information content (AvgIpc) is 2.70. The van der Waals surface area contributed by atoms with Gasteiger partial charge in [0.15, 0.2) is 5.41 Å². The highest BCUT2D eigenvalue weighted by Crippen LogP contribution is 2.61. The maximum atomic E-state index is 13.0. The molecule has 0 radical (unpaired) electrons. The number of hydrogen-bond donors (Lipinski definition) is 0. The number of carbonyl (C=O) groups is 2. The number of halogens is 5. The molecule has 1 aliphatic heterocycles. The Kier molecular flexibility index (Phi) is 3.10. The van der Waals surface area contributed by atoms with Crippen LogP contribution in [0.4, 0.5) is 22.0 Å². The average molecular weight is 285 g/mol. The summed E-state index contributed by atoms with van der Waals surface area (Å²) >= 11 is 0. The van der Waals surface area contributed by atoms with E-state index in [9.17, 15) is 31.5 Å². The van der Waals surface area contributed by atoms with Gasteiger partial charge in [0.1, 0.15) is 6.29 Å². The van der Waals surface area contributed by atoms with Crippen molar-refractivity contribution >= 4 is 12.2 Å². The smallest absolute Gasteiger partial charge is 0.332 e. The van der Waals surface area contributed by atoms with Crippen LogP contribution in [0.2, 0.25) is 0 Å². The molecule has 8 heteroatoms. The lowest BCUT2D eigenvalue weighted by molar-refractivity contribution is -0.299. The topological polar surface area (TPSA) is 37.4 Å². The fraction of sp³-hybridized carbons (Fsp3) is 0.818. The molecule has 0 aromatic carbocycles. The van der Waals surface area contributed by atoms with E-state index in [4.69, 9.17) is 0 Å². The van der Waals surface area contributed by atoms with Gasteiger partial charge in [-0.05, 0) is 12.8 Å². The summed E-state index contributed by atoms with van der Waals surface area (Å²) in [7, 11) is 0. The van der Waals surface area contributed by atoms with E-state index < -0.39 is 42.3 Å². The van der Waals surface area contributed by atoms with Gasteiger partial charge in [0, 0.05) is 19.4 Å². The molecule has 2 fully saturated rings. The first-order chi connectivity index (χ1) is 8.63. The van der Waals surface area contributed by atoms with Crippen LogP contribution in [0, 0.1) is 5.41 Å². The highest BCUT2D eigenvalue weighted by atomic mass is 19.4. The van der Waals surface area contributed by atoms with E-state index in [0.29, 0.717) is 12.7 Å². The van der Waals surface area contributed by atoms with E-state index in [-0.39, 0.29) is 13.0 Å². The molecule has 1 saturated carbocycles. The molecule has 1 amide bonds.